The van der Waals surface area contributed by atoms with Gasteiger partial charge in [-0.15, -0.1) is 36.2 Å². The average Bonchev–Trinajstić information content (AvgIpc) is 2.30. The molecule has 0 aliphatic heterocycles. The number of pyridine rings is 1. The van der Waals surface area contributed by atoms with E-state index in [1.807, 2.05) is 47.7 Å². The molecular weight excluding hydrogens is 262 g/mol. The molecule has 1 aromatic rings. The Labute approximate surface area is 110 Å². The SMILES string of the molecule is CSC(=S)/C(=C(/S)SC)[n+]1ccccc1. The van der Waals surface area contributed by atoms with Crippen LogP contribution in [0.4, 0.5) is 0 Å². The minimum atomic E-state index is 0.852. The third-order valence-corrected chi connectivity index (χ3v) is 4.35. The van der Waals surface area contributed by atoms with E-state index in [1.165, 1.54) is 0 Å². The summed E-state index contributed by atoms with van der Waals surface area (Å²) in [5, 5.41) is 0. The van der Waals surface area contributed by atoms with Crippen LogP contribution < -0.4 is 4.57 Å². The zero-order valence-electron chi connectivity index (χ0n) is 8.51. The zero-order valence-corrected chi connectivity index (χ0v) is 11.8. The molecule has 0 amide bonds. The first-order chi connectivity index (χ1) is 7.20. The third-order valence-electron chi connectivity index (χ3n) is 1.75. The van der Waals surface area contributed by atoms with Crippen LogP contribution in [0.15, 0.2) is 34.8 Å². The highest BCUT2D eigenvalue weighted by atomic mass is 32.2. The zero-order chi connectivity index (χ0) is 11.3. The molecule has 1 heterocycles. The molecule has 15 heavy (non-hydrogen) atoms. The van der Waals surface area contributed by atoms with Crippen LogP contribution in [-0.2, 0) is 0 Å². The van der Waals surface area contributed by atoms with Gasteiger partial charge in [-0.3, -0.25) is 0 Å². The lowest BCUT2D eigenvalue weighted by atomic mass is 10.4. The number of hydrogen-bond acceptors (Lipinski definition) is 4. The van der Waals surface area contributed by atoms with Gasteiger partial charge in [0.15, 0.2) is 12.4 Å². The van der Waals surface area contributed by atoms with Crippen LogP contribution in [0, 0.1) is 0 Å². The summed E-state index contributed by atoms with van der Waals surface area (Å²) in [7, 11) is 0. The first kappa shape index (κ1) is 13.1. The summed E-state index contributed by atoms with van der Waals surface area (Å²) in [5.41, 5.74) is 0.980. The summed E-state index contributed by atoms with van der Waals surface area (Å²) in [6.07, 6.45) is 7.93. The second-order valence-corrected chi connectivity index (χ2v) is 5.68. The maximum Gasteiger partial charge on any atom is 0.255 e. The molecule has 0 fully saturated rings. The molecule has 1 aromatic heterocycles. The van der Waals surface area contributed by atoms with Crippen LogP contribution in [-0.4, -0.2) is 16.7 Å². The molecule has 0 saturated carbocycles. The second-order valence-electron chi connectivity index (χ2n) is 2.63. The van der Waals surface area contributed by atoms with Gasteiger partial charge in [-0.1, -0.05) is 18.3 Å². The van der Waals surface area contributed by atoms with Crippen molar-refractivity contribution in [3.05, 3.63) is 34.8 Å². The van der Waals surface area contributed by atoms with Gasteiger partial charge in [0.2, 0.25) is 0 Å². The normalized spacial score (nSPS) is 12.2. The molecule has 0 N–H and O–H groups in total. The molecule has 0 unspecified atom stereocenters. The fourth-order valence-electron chi connectivity index (χ4n) is 1.04. The third kappa shape index (κ3) is 3.52. The lowest BCUT2D eigenvalue weighted by Crippen LogP contribution is -2.34. The van der Waals surface area contributed by atoms with E-state index in [0.717, 1.165) is 14.1 Å². The van der Waals surface area contributed by atoms with Crippen molar-refractivity contribution in [2.24, 2.45) is 0 Å². The quantitative estimate of drug-likeness (QED) is 0.391. The highest BCUT2D eigenvalue weighted by Crippen LogP contribution is 2.24. The maximum absolute atomic E-state index is 5.32. The van der Waals surface area contributed by atoms with Gasteiger partial charge >= 0.3 is 0 Å². The predicted molar refractivity (Wildman–Crippen MR) is 78.5 cm³/mol. The monoisotopic (exact) mass is 274 g/mol. The van der Waals surface area contributed by atoms with Crippen LogP contribution in [0.2, 0.25) is 0 Å². The Hall–Kier alpha value is 0.0300. The second kappa shape index (κ2) is 6.58. The lowest BCUT2D eigenvalue weighted by Gasteiger charge is -2.03. The van der Waals surface area contributed by atoms with Crippen molar-refractivity contribution < 1.29 is 4.57 Å². The van der Waals surface area contributed by atoms with Gasteiger partial charge in [0.05, 0.1) is 0 Å². The van der Waals surface area contributed by atoms with Crippen LogP contribution in [0.1, 0.15) is 0 Å². The van der Waals surface area contributed by atoms with E-state index in [1.54, 1.807) is 23.5 Å². The van der Waals surface area contributed by atoms with Crippen LogP contribution in [0.5, 0.6) is 0 Å². The fourth-order valence-corrected chi connectivity index (χ4v) is 2.56. The number of rotatable bonds is 3. The molecule has 1 nitrogen and oxygen atoms in total. The smallest absolute Gasteiger partial charge is 0.164 e. The van der Waals surface area contributed by atoms with E-state index < -0.39 is 0 Å². The van der Waals surface area contributed by atoms with Gasteiger partial charge in [-0.05, 0) is 12.5 Å². The minimum Gasteiger partial charge on any atom is -0.164 e. The first-order valence-corrected chi connectivity index (χ1v) is 7.53. The van der Waals surface area contributed by atoms with Crippen molar-refractivity contribution in [2.75, 3.05) is 12.5 Å². The van der Waals surface area contributed by atoms with Crippen molar-refractivity contribution >= 4 is 58.3 Å². The topological polar surface area (TPSA) is 3.88 Å². The lowest BCUT2D eigenvalue weighted by molar-refractivity contribution is -0.575. The highest BCUT2D eigenvalue weighted by Gasteiger charge is 2.18. The van der Waals surface area contributed by atoms with E-state index >= 15 is 0 Å². The number of thiocarbonyl (C=S) groups is 1. The molecule has 0 bridgehead atoms. The van der Waals surface area contributed by atoms with Gasteiger partial charge < -0.3 is 0 Å². The van der Waals surface area contributed by atoms with E-state index in [2.05, 4.69) is 12.6 Å². The summed E-state index contributed by atoms with van der Waals surface area (Å²) >= 11 is 12.9. The van der Waals surface area contributed by atoms with E-state index in [9.17, 15) is 0 Å². The van der Waals surface area contributed by atoms with Crippen molar-refractivity contribution in [3.63, 3.8) is 0 Å². The molecule has 1 rings (SSSR count). The molecule has 0 aliphatic carbocycles. The Morgan fingerprint density at radius 2 is 1.73 bits per heavy atom. The highest BCUT2D eigenvalue weighted by molar-refractivity contribution is 8.24. The predicted octanol–water partition coefficient (Wildman–Crippen LogP) is 3.08. The molecule has 0 spiro atoms. The molecule has 0 aliphatic rings. The van der Waals surface area contributed by atoms with Gasteiger partial charge in [0.25, 0.3) is 5.70 Å². The van der Waals surface area contributed by atoms with Gasteiger partial charge in [-0.2, -0.15) is 4.57 Å². The fraction of sp³-hybridized carbons (Fsp3) is 0.200. The number of thiol groups is 1. The molecule has 0 saturated heterocycles. The molecule has 5 heteroatoms. The average molecular weight is 274 g/mol. The Morgan fingerprint density at radius 3 is 2.20 bits per heavy atom. The summed E-state index contributed by atoms with van der Waals surface area (Å²) in [5.74, 6) is 0. The van der Waals surface area contributed by atoms with Gasteiger partial charge in [0, 0.05) is 12.1 Å². The van der Waals surface area contributed by atoms with Crippen molar-refractivity contribution in [1.82, 2.24) is 0 Å². The van der Waals surface area contributed by atoms with E-state index in [0.29, 0.717) is 0 Å². The van der Waals surface area contributed by atoms with Crippen LogP contribution in [0.25, 0.3) is 5.70 Å². The van der Waals surface area contributed by atoms with Crippen LogP contribution in [0.3, 0.4) is 0 Å². The van der Waals surface area contributed by atoms with E-state index in [-0.39, 0.29) is 0 Å². The van der Waals surface area contributed by atoms with Crippen LogP contribution >= 0.6 is 48.4 Å². The summed E-state index contributed by atoms with van der Waals surface area (Å²) in [6, 6.07) is 5.93. The molecule has 80 valence electrons. The summed E-state index contributed by atoms with van der Waals surface area (Å²) < 4.78 is 3.79. The van der Waals surface area contributed by atoms with Gasteiger partial charge in [-0.25, -0.2) is 0 Å². The Kier molecular flexibility index (Phi) is 5.74. The summed E-state index contributed by atoms with van der Waals surface area (Å²) in [4.78, 5) is 0. The molecule has 0 radical (unpaired) electrons. The molecule has 0 atom stereocenters. The Morgan fingerprint density at radius 1 is 1.13 bits per heavy atom. The number of aromatic nitrogens is 1. The Balaban J connectivity index is 3.20. The van der Waals surface area contributed by atoms with Crippen molar-refractivity contribution in [2.45, 2.75) is 0 Å². The number of nitrogens with zero attached hydrogens (tertiary/aromatic N) is 1. The maximum atomic E-state index is 5.32. The van der Waals surface area contributed by atoms with Crippen molar-refractivity contribution in [1.29, 1.82) is 0 Å². The Bertz CT molecular complexity index is 372. The van der Waals surface area contributed by atoms with E-state index in [4.69, 9.17) is 12.2 Å². The van der Waals surface area contributed by atoms with Gasteiger partial charge in [0.1, 0.15) is 8.43 Å². The standard InChI is InChI=1S/C10H11NS4/c1-14-9(12)8(10(13)15-2)11-6-4-3-5-7-11/h3-7H,1-2H3/p+1. The number of hydrogen-bond donors (Lipinski definition) is 1. The summed E-state index contributed by atoms with van der Waals surface area (Å²) in [6.45, 7) is 0. The van der Waals surface area contributed by atoms with Crippen molar-refractivity contribution in [3.8, 4) is 0 Å². The molecule has 0 aromatic carbocycles. The minimum absolute atomic E-state index is 0.852. The molecular formula is C10H12NS4+. The first-order valence-electron chi connectivity index (χ1n) is 4.23. The number of thioether (sulfide) groups is 2. The largest absolute Gasteiger partial charge is 0.255 e.